The molecule has 1 unspecified atom stereocenters. The van der Waals surface area contributed by atoms with Gasteiger partial charge in [0.25, 0.3) is 5.91 Å². The molecule has 0 aliphatic carbocycles. The number of amides is 2. The van der Waals surface area contributed by atoms with Crippen LogP contribution in [0, 0.1) is 0 Å². The first-order valence-corrected chi connectivity index (χ1v) is 10.9. The molecule has 29 heavy (non-hydrogen) atoms. The molecule has 0 radical (unpaired) electrons. The molecule has 1 atom stereocenters. The topological polar surface area (TPSA) is 97.8 Å². The number of piperidine rings is 1. The number of carbonyl (C=O) groups is 3. The minimum Gasteiger partial charge on any atom is -0.466 e. The summed E-state index contributed by atoms with van der Waals surface area (Å²) in [5.74, 6) is -0.413. The average Bonchev–Trinajstić information content (AvgIpc) is 3.10. The highest BCUT2D eigenvalue weighted by molar-refractivity contribution is 7.09. The number of hydrogen-bond donors (Lipinski definition) is 1. The third-order valence-corrected chi connectivity index (χ3v) is 5.41. The Morgan fingerprint density at radius 3 is 2.55 bits per heavy atom. The largest absolute Gasteiger partial charge is 0.466 e. The van der Waals surface area contributed by atoms with Gasteiger partial charge in [-0.15, -0.1) is 11.3 Å². The number of hydrogen-bond acceptors (Lipinski definition) is 7. The summed E-state index contributed by atoms with van der Waals surface area (Å²) in [6.45, 7) is 10.6. The molecule has 2 amide bonds. The molecule has 162 valence electrons. The van der Waals surface area contributed by atoms with Gasteiger partial charge in [0.2, 0.25) is 0 Å². The highest BCUT2D eigenvalue weighted by Crippen LogP contribution is 2.31. The van der Waals surface area contributed by atoms with E-state index in [0.717, 1.165) is 17.8 Å². The summed E-state index contributed by atoms with van der Waals surface area (Å²) in [5, 5.41) is 5.42. The zero-order chi connectivity index (χ0) is 21.6. The number of carbonyl (C=O) groups excluding carboxylic acids is 3. The van der Waals surface area contributed by atoms with Crippen molar-refractivity contribution in [2.75, 3.05) is 19.7 Å². The highest BCUT2D eigenvalue weighted by Gasteiger charge is 2.29. The van der Waals surface area contributed by atoms with Gasteiger partial charge in [-0.1, -0.05) is 0 Å². The molecule has 1 aromatic heterocycles. The van der Waals surface area contributed by atoms with Gasteiger partial charge in [0.15, 0.2) is 0 Å². The lowest BCUT2D eigenvalue weighted by atomic mass is 9.98. The van der Waals surface area contributed by atoms with Crippen LogP contribution in [0.3, 0.4) is 0 Å². The number of nitrogens with zero attached hydrogens (tertiary/aromatic N) is 2. The van der Waals surface area contributed by atoms with E-state index in [2.05, 4.69) is 10.3 Å². The summed E-state index contributed by atoms with van der Waals surface area (Å²) in [6.07, 6.45) is 1.41. The summed E-state index contributed by atoms with van der Waals surface area (Å²) in [5.41, 5.74) is -0.147. The fourth-order valence-electron chi connectivity index (χ4n) is 3.03. The van der Waals surface area contributed by atoms with Gasteiger partial charge in [0.05, 0.1) is 18.0 Å². The zero-order valence-electron chi connectivity index (χ0n) is 17.8. The average molecular weight is 426 g/mol. The van der Waals surface area contributed by atoms with Crippen LogP contribution in [0.2, 0.25) is 0 Å². The Kier molecular flexibility index (Phi) is 8.01. The van der Waals surface area contributed by atoms with E-state index in [9.17, 15) is 14.4 Å². The Bertz CT molecular complexity index is 720. The Morgan fingerprint density at radius 1 is 1.31 bits per heavy atom. The van der Waals surface area contributed by atoms with E-state index in [-0.39, 0.29) is 36.4 Å². The number of nitrogens with one attached hydrogen (secondary N) is 1. The third-order valence-electron chi connectivity index (χ3n) is 4.41. The zero-order valence-corrected chi connectivity index (χ0v) is 18.6. The molecule has 0 aromatic carbocycles. The number of ether oxygens (including phenoxy) is 2. The summed E-state index contributed by atoms with van der Waals surface area (Å²) >= 11 is 1.45. The van der Waals surface area contributed by atoms with Gasteiger partial charge in [-0.25, -0.2) is 9.78 Å². The quantitative estimate of drug-likeness (QED) is 0.702. The molecule has 1 aliphatic rings. The predicted molar refractivity (Wildman–Crippen MR) is 110 cm³/mol. The highest BCUT2D eigenvalue weighted by atomic mass is 32.1. The second-order valence-corrected chi connectivity index (χ2v) is 9.09. The van der Waals surface area contributed by atoms with Gasteiger partial charge >= 0.3 is 12.1 Å². The fraction of sp³-hybridized carbons (Fsp3) is 0.700. The van der Waals surface area contributed by atoms with Crippen LogP contribution in [0.4, 0.5) is 4.79 Å². The molecule has 9 heteroatoms. The normalized spacial score (nSPS) is 16.2. The minimum atomic E-state index is -0.504. The van der Waals surface area contributed by atoms with E-state index in [1.165, 1.54) is 11.3 Å². The first kappa shape index (κ1) is 23.1. The minimum absolute atomic E-state index is 0.125. The second-order valence-electron chi connectivity index (χ2n) is 8.20. The van der Waals surface area contributed by atoms with Crippen molar-refractivity contribution in [2.45, 2.75) is 71.4 Å². The van der Waals surface area contributed by atoms with Gasteiger partial charge in [0.1, 0.15) is 11.3 Å². The molecule has 0 bridgehead atoms. The summed E-state index contributed by atoms with van der Waals surface area (Å²) in [7, 11) is 0. The van der Waals surface area contributed by atoms with Crippen molar-refractivity contribution in [3.8, 4) is 0 Å². The van der Waals surface area contributed by atoms with E-state index >= 15 is 0 Å². The third kappa shape index (κ3) is 7.30. The van der Waals surface area contributed by atoms with E-state index in [1.807, 2.05) is 20.8 Å². The molecule has 0 spiro atoms. The predicted octanol–water partition coefficient (Wildman–Crippen LogP) is 3.33. The van der Waals surface area contributed by atoms with Crippen molar-refractivity contribution in [1.82, 2.24) is 15.2 Å². The lowest BCUT2D eigenvalue weighted by molar-refractivity contribution is -0.143. The second kappa shape index (κ2) is 10.0. The Labute approximate surface area is 176 Å². The van der Waals surface area contributed by atoms with Gasteiger partial charge in [0, 0.05) is 30.4 Å². The van der Waals surface area contributed by atoms with Crippen LogP contribution in [-0.4, -0.2) is 59.2 Å². The molecular weight excluding hydrogens is 394 g/mol. The maximum atomic E-state index is 12.4. The standard InChI is InChI=1S/C20H31N3O5S/c1-6-27-16(24)11-13(2)21-17(25)15-12-29-18(22-15)14-7-9-23(10-8-14)19(26)28-20(3,4)5/h12-14H,6-11H2,1-5H3,(H,21,25). The van der Waals surface area contributed by atoms with Crippen molar-refractivity contribution >= 4 is 29.3 Å². The van der Waals surface area contributed by atoms with Gasteiger partial charge in [-0.3, -0.25) is 9.59 Å². The number of likely N-dealkylation sites (tertiary alicyclic amines) is 1. The molecule has 1 saturated heterocycles. The summed E-state index contributed by atoms with van der Waals surface area (Å²) in [4.78, 5) is 42.3. The van der Waals surface area contributed by atoms with Crippen LogP contribution < -0.4 is 5.32 Å². The van der Waals surface area contributed by atoms with E-state index in [1.54, 1.807) is 24.1 Å². The van der Waals surface area contributed by atoms with Crippen LogP contribution in [0.1, 0.15) is 75.3 Å². The van der Waals surface area contributed by atoms with Crippen LogP contribution in [0.15, 0.2) is 5.38 Å². The van der Waals surface area contributed by atoms with Gasteiger partial charge < -0.3 is 19.7 Å². The summed E-state index contributed by atoms with van der Waals surface area (Å²) in [6, 6.07) is -0.330. The van der Waals surface area contributed by atoms with Crippen molar-refractivity contribution in [3.63, 3.8) is 0 Å². The molecule has 1 aliphatic heterocycles. The number of aromatic nitrogens is 1. The van der Waals surface area contributed by atoms with Crippen LogP contribution >= 0.6 is 11.3 Å². The smallest absolute Gasteiger partial charge is 0.410 e. The Morgan fingerprint density at radius 2 is 1.97 bits per heavy atom. The number of thiazole rings is 1. The number of rotatable bonds is 6. The lowest BCUT2D eigenvalue weighted by Crippen LogP contribution is -2.41. The first-order valence-electron chi connectivity index (χ1n) is 9.99. The maximum absolute atomic E-state index is 12.4. The van der Waals surface area contributed by atoms with Crippen molar-refractivity contribution in [1.29, 1.82) is 0 Å². The van der Waals surface area contributed by atoms with E-state index in [0.29, 0.717) is 25.4 Å². The molecule has 1 fully saturated rings. The molecule has 0 saturated carbocycles. The van der Waals surface area contributed by atoms with Gasteiger partial charge in [-0.2, -0.15) is 0 Å². The fourth-order valence-corrected chi connectivity index (χ4v) is 4.00. The molecule has 2 heterocycles. The van der Waals surface area contributed by atoms with Crippen LogP contribution in [-0.2, 0) is 14.3 Å². The van der Waals surface area contributed by atoms with E-state index in [4.69, 9.17) is 9.47 Å². The van der Waals surface area contributed by atoms with Gasteiger partial charge in [-0.05, 0) is 47.5 Å². The lowest BCUT2D eigenvalue weighted by Gasteiger charge is -2.32. The molecule has 2 rings (SSSR count). The monoisotopic (exact) mass is 425 g/mol. The van der Waals surface area contributed by atoms with Crippen molar-refractivity contribution in [2.24, 2.45) is 0 Å². The van der Waals surface area contributed by atoms with Crippen molar-refractivity contribution in [3.05, 3.63) is 16.1 Å². The molecule has 1 aromatic rings. The molecular formula is C20H31N3O5S. The Hall–Kier alpha value is -2.16. The van der Waals surface area contributed by atoms with E-state index < -0.39 is 5.60 Å². The summed E-state index contributed by atoms with van der Waals surface area (Å²) < 4.78 is 10.3. The van der Waals surface area contributed by atoms with Crippen LogP contribution in [0.25, 0.3) is 0 Å². The number of esters is 1. The SMILES string of the molecule is CCOC(=O)CC(C)NC(=O)c1csc(C2CCN(C(=O)OC(C)(C)C)CC2)n1. The Balaban J connectivity index is 1.85. The molecule has 1 N–H and O–H groups in total. The first-order chi connectivity index (χ1) is 13.6. The van der Waals surface area contributed by atoms with Crippen molar-refractivity contribution < 1.29 is 23.9 Å². The van der Waals surface area contributed by atoms with Crippen LogP contribution in [0.5, 0.6) is 0 Å². The maximum Gasteiger partial charge on any atom is 0.410 e. The molecule has 8 nitrogen and oxygen atoms in total.